The zero-order valence-corrected chi connectivity index (χ0v) is 8.26. The summed E-state index contributed by atoms with van der Waals surface area (Å²) < 4.78 is 17.5. The first kappa shape index (κ1) is 10.2. The van der Waals surface area contributed by atoms with E-state index < -0.39 is 7.75 Å². The summed E-state index contributed by atoms with van der Waals surface area (Å²) in [5.74, 6) is 0. The van der Waals surface area contributed by atoms with Crippen LogP contribution < -0.4 is 4.89 Å². The summed E-state index contributed by atoms with van der Waals surface area (Å²) in [5, 5.41) is 0. The van der Waals surface area contributed by atoms with Gasteiger partial charge in [0.1, 0.15) is 0 Å². The number of hydrogen-bond donors (Lipinski definition) is 0. The van der Waals surface area contributed by atoms with Gasteiger partial charge >= 0.3 is 0 Å². The molecule has 0 aromatic heterocycles. The molecule has 1 fully saturated rings. The number of rotatable bonds is 3. The van der Waals surface area contributed by atoms with Crippen LogP contribution in [0.15, 0.2) is 0 Å². The summed E-state index contributed by atoms with van der Waals surface area (Å²) in [6.45, 7) is 3.17. The Balaban J connectivity index is 2.48. The summed E-state index contributed by atoms with van der Waals surface area (Å²) in [6.07, 6.45) is 3.04. The van der Waals surface area contributed by atoms with Crippen molar-refractivity contribution in [2.75, 3.05) is 19.7 Å². The van der Waals surface area contributed by atoms with E-state index in [1.165, 1.54) is 4.67 Å². The molecule has 12 heavy (non-hydrogen) atoms. The third-order valence-electron chi connectivity index (χ3n) is 1.97. The predicted octanol–water partition coefficient (Wildman–Crippen LogP) is 0.977. The van der Waals surface area contributed by atoms with Gasteiger partial charge in [0, 0.05) is 13.1 Å². The van der Waals surface area contributed by atoms with Gasteiger partial charge in [-0.3, -0.25) is 4.57 Å². The van der Waals surface area contributed by atoms with Crippen LogP contribution in [0.25, 0.3) is 0 Å². The molecular weight excluding hydrogens is 177 g/mol. The highest BCUT2D eigenvalue weighted by Gasteiger charge is 2.21. The van der Waals surface area contributed by atoms with Crippen molar-refractivity contribution in [3.8, 4) is 0 Å². The Morgan fingerprint density at radius 2 is 2.00 bits per heavy atom. The average Bonchev–Trinajstić information content (AvgIpc) is 2.06. The Hall–Kier alpha value is 0.110. The van der Waals surface area contributed by atoms with Crippen LogP contribution in [-0.2, 0) is 9.09 Å². The first-order chi connectivity index (χ1) is 5.67. The number of hydrogen-bond acceptors (Lipinski definition) is 3. The fourth-order valence-corrected chi connectivity index (χ4v) is 2.63. The molecule has 72 valence electrons. The normalized spacial score (nSPS) is 25.2. The monoisotopic (exact) mass is 192 g/mol. The van der Waals surface area contributed by atoms with Gasteiger partial charge in [-0.1, -0.05) is 6.42 Å². The van der Waals surface area contributed by atoms with E-state index in [0.717, 1.165) is 19.3 Å². The van der Waals surface area contributed by atoms with Gasteiger partial charge in [-0.15, -0.1) is 0 Å². The third-order valence-corrected chi connectivity index (χ3v) is 3.65. The van der Waals surface area contributed by atoms with Gasteiger partial charge in [0.2, 0.25) is 7.75 Å². The maximum absolute atomic E-state index is 11.3. The van der Waals surface area contributed by atoms with E-state index >= 15 is 0 Å². The second-order valence-electron chi connectivity index (χ2n) is 2.90. The fourth-order valence-electron chi connectivity index (χ4n) is 1.37. The van der Waals surface area contributed by atoms with Gasteiger partial charge < -0.3 is 9.42 Å². The molecule has 0 spiro atoms. The smallest absolute Gasteiger partial charge is 0.207 e. The van der Waals surface area contributed by atoms with E-state index in [2.05, 4.69) is 0 Å². The molecule has 0 aliphatic carbocycles. The van der Waals surface area contributed by atoms with Crippen molar-refractivity contribution in [3.05, 3.63) is 0 Å². The average molecular weight is 192 g/mol. The topological polar surface area (TPSA) is 52.6 Å². The van der Waals surface area contributed by atoms with E-state index in [0.29, 0.717) is 13.1 Å². The fraction of sp³-hybridized carbons (Fsp3) is 1.00. The van der Waals surface area contributed by atoms with Gasteiger partial charge in [-0.2, -0.15) is 0 Å². The van der Waals surface area contributed by atoms with Gasteiger partial charge in [0.25, 0.3) is 0 Å². The number of nitrogens with zero attached hydrogens (tertiary/aromatic N) is 1. The molecule has 0 radical (unpaired) electrons. The van der Waals surface area contributed by atoms with Crippen LogP contribution in [0.2, 0.25) is 0 Å². The predicted molar refractivity (Wildman–Crippen MR) is 44.7 cm³/mol. The Bertz CT molecular complexity index is 179. The van der Waals surface area contributed by atoms with Crippen molar-refractivity contribution < 1.29 is 14.0 Å². The standard InChI is InChI=1S/C7H16NO3P/c1-2-11-12(9,10)8-6-4-3-5-7-8/h2-7H2,1H3,(H,9,10)/p-1. The summed E-state index contributed by atoms with van der Waals surface area (Å²) in [6, 6.07) is 0. The lowest BCUT2D eigenvalue weighted by molar-refractivity contribution is -0.213. The third kappa shape index (κ3) is 2.56. The molecule has 1 heterocycles. The van der Waals surface area contributed by atoms with Gasteiger partial charge in [-0.05, 0) is 19.8 Å². The van der Waals surface area contributed by atoms with Crippen LogP contribution in [0, 0.1) is 0 Å². The first-order valence-electron chi connectivity index (χ1n) is 4.38. The molecule has 0 aromatic rings. The lowest BCUT2D eigenvalue weighted by Gasteiger charge is -2.37. The van der Waals surface area contributed by atoms with Gasteiger partial charge in [0.15, 0.2) is 0 Å². The maximum atomic E-state index is 11.3. The lowest BCUT2D eigenvalue weighted by Crippen LogP contribution is -2.32. The molecule has 4 nitrogen and oxygen atoms in total. The van der Waals surface area contributed by atoms with Crippen molar-refractivity contribution in [1.29, 1.82) is 0 Å². The minimum Gasteiger partial charge on any atom is -0.766 e. The molecule has 1 aliphatic rings. The Kier molecular flexibility index (Phi) is 3.72. The minimum absolute atomic E-state index is 0.233. The molecule has 1 rings (SSSR count). The zero-order chi connectivity index (χ0) is 9.03. The highest BCUT2D eigenvalue weighted by molar-refractivity contribution is 7.48. The summed E-state index contributed by atoms with van der Waals surface area (Å²) in [7, 11) is -3.68. The molecule has 1 aliphatic heterocycles. The molecular formula is C7H15NO3P-. The van der Waals surface area contributed by atoms with Crippen LogP contribution in [0.5, 0.6) is 0 Å². The van der Waals surface area contributed by atoms with E-state index in [1.807, 2.05) is 0 Å². The molecule has 0 amide bonds. The van der Waals surface area contributed by atoms with E-state index in [4.69, 9.17) is 4.52 Å². The van der Waals surface area contributed by atoms with Crippen molar-refractivity contribution in [2.24, 2.45) is 0 Å². The van der Waals surface area contributed by atoms with Crippen molar-refractivity contribution >= 4 is 7.75 Å². The first-order valence-corrected chi connectivity index (χ1v) is 5.87. The van der Waals surface area contributed by atoms with Gasteiger partial charge in [0.05, 0.1) is 6.61 Å². The van der Waals surface area contributed by atoms with Crippen LogP contribution >= 0.6 is 7.75 Å². The van der Waals surface area contributed by atoms with Gasteiger partial charge in [-0.25, -0.2) is 4.67 Å². The maximum Gasteiger partial charge on any atom is 0.207 e. The molecule has 1 atom stereocenters. The molecule has 0 saturated carbocycles. The minimum atomic E-state index is -3.68. The Labute approximate surface area is 73.1 Å². The van der Waals surface area contributed by atoms with E-state index in [-0.39, 0.29) is 6.61 Å². The van der Waals surface area contributed by atoms with Crippen molar-refractivity contribution in [1.82, 2.24) is 4.67 Å². The Morgan fingerprint density at radius 1 is 1.42 bits per heavy atom. The van der Waals surface area contributed by atoms with Crippen molar-refractivity contribution in [2.45, 2.75) is 26.2 Å². The van der Waals surface area contributed by atoms with E-state index in [9.17, 15) is 9.46 Å². The summed E-state index contributed by atoms with van der Waals surface area (Å²) in [4.78, 5) is 11.3. The molecule has 0 bridgehead atoms. The molecule has 0 N–H and O–H groups in total. The second-order valence-corrected chi connectivity index (χ2v) is 4.66. The molecule has 1 unspecified atom stereocenters. The summed E-state index contributed by atoms with van der Waals surface area (Å²) in [5.41, 5.74) is 0. The highest BCUT2D eigenvalue weighted by Crippen LogP contribution is 2.42. The van der Waals surface area contributed by atoms with Crippen LogP contribution in [0.4, 0.5) is 0 Å². The second kappa shape index (κ2) is 4.38. The van der Waals surface area contributed by atoms with Crippen LogP contribution in [-0.4, -0.2) is 24.4 Å². The zero-order valence-electron chi connectivity index (χ0n) is 7.36. The largest absolute Gasteiger partial charge is 0.766 e. The number of piperidine rings is 1. The Morgan fingerprint density at radius 3 is 2.50 bits per heavy atom. The van der Waals surface area contributed by atoms with Crippen molar-refractivity contribution in [3.63, 3.8) is 0 Å². The quantitative estimate of drug-likeness (QED) is 0.625. The molecule has 1 saturated heterocycles. The van der Waals surface area contributed by atoms with Crippen LogP contribution in [0.1, 0.15) is 26.2 Å². The molecule has 0 aromatic carbocycles. The van der Waals surface area contributed by atoms with Crippen LogP contribution in [0.3, 0.4) is 0 Å². The SMILES string of the molecule is CCOP(=O)([O-])N1CCCCC1. The molecule has 5 heteroatoms. The lowest BCUT2D eigenvalue weighted by atomic mass is 10.2. The van der Waals surface area contributed by atoms with E-state index in [1.54, 1.807) is 6.92 Å². The summed E-state index contributed by atoms with van der Waals surface area (Å²) >= 11 is 0. The highest BCUT2D eigenvalue weighted by atomic mass is 31.2.